The van der Waals surface area contributed by atoms with Crippen LogP contribution < -0.4 is 5.32 Å². The molecular formula is C15H19ClN4O. The zero-order valence-corrected chi connectivity index (χ0v) is 12.9. The number of amides is 1. The van der Waals surface area contributed by atoms with E-state index in [1.807, 2.05) is 6.92 Å². The summed E-state index contributed by atoms with van der Waals surface area (Å²) in [6, 6.07) is 1.74. The van der Waals surface area contributed by atoms with E-state index in [1.54, 1.807) is 12.3 Å². The Labute approximate surface area is 128 Å². The number of carbonyl (C=O) groups is 1. The van der Waals surface area contributed by atoms with Gasteiger partial charge in [0.05, 0.1) is 6.20 Å². The fourth-order valence-electron chi connectivity index (χ4n) is 2.50. The van der Waals surface area contributed by atoms with E-state index in [0.29, 0.717) is 23.0 Å². The topological polar surface area (TPSA) is 59.3 Å². The van der Waals surface area contributed by atoms with E-state index in [-0.39, 0.29) is 5.91 Å². The maximum absolute atomic E-state index is 12.2. The fourth-order valence-corrected chi connectivity index (χ4v) is 2.73. The van der Waals surface area contributed by atoms with Crippen molar-refractivity contribution in [2.45, 2.75) is 39.0 Å². The van der Waals surface area contributed by atoms with Gasteiger partial charge >= 0.3 is 0 Å². The molecule has 2 aromatic rings. The number of unbranched alkanes of at least 4 members (excludes halogenated alkanes) is 1. The van der Waals surface area contributed by atoms with Gasteiger partial charge in [-0.1, -0.05) is 37.3 Å². The van der Waals surface area contributed by atoms with Crippen molar-refractivity contribution < 1.29 is 4.79 Å². The summed E-state index contributed by atoms with van der Waals surface area (Å²) in [5.74, 6) is 0.803. The number of nitrogens with zero attached hydrogens (tertiary/aromatic N) is 3. The second-order valence-corrected chi connectivity index (χ2v) is 6.11. The molecule has 1 N–H and O–H groups in total. The Morgan fingerprint density at radius 1 is 1.48 bits per heavy atom. The van der Waals surface area contributed by atoms with Crippen molar-refractivity contribution in [3.8, 4) is 0 Å². The maximum atomic E-state index is 12.2. The largest absolute Gasteiger partial charge is 0.351 e. The normalized spacial score (nSPS) is 14.6. The molecule has 2 heterocycles. The smallest absolute Gasteiger partial charge is 0.271 e. The van der Waals surface area contributed by atoms with Crippen LogP contribution in [-0.4, -0.2) is 27.0 Å². The third kappa shape index (κ3) is 3.35. The molecule has 0 saturated heterocycles. The SMILES string of the molecule is Cc1cc(Cl)nn2c(C(=O)NCCCCC3CC3)cnc12. The molecule has 1 amide bonds. The first-order chi connectivity index (χ1) is 10.1. The first-order valence-electron chi connectivity index (χ1n) is 7.44. The predicted octanol–water partition coefficient (Wildman–Crippen LogP) is 3.00. The number of halogens is 1. The van der Waals surface area contributed by atoms with Gasteiger partial charge < -0.3 is 5.32 Å². The lowest BCUT2D eigenvalue weighted by molar-refractivity contribution is 0.0946. The lowest BCUT2D eigenvalue weighted by atomic mass is 10.2. The van der Waals surface area contributed by atoms with E-state index in [0.717, 1.165) is 17.9 Å². The Morgan fingerprint density at radius 3 is 3.05 bits per heavy atom. The van der Waals surface area contributed by atoms with Crippen molar-refractivity contribution in [1.82, 2.24) is 19.9 Å². The molecule has 0 bridgehead atoms. The van der Waals surface area contributed by atoms with Crippen LogP contribution in [0.1, 0.15) is 48.2 Å². The van der Waals surface area contributed by atoms with Crippen LogP contribution in [0.2, 0.25) is 5.15 Å². The van der Waals surface area contributed by atoms with Crippen LogP contribution in [0, 0.1) is 12.8 Å². The Balaban J connectivity index is 1.61. The maximum Gasteiger partial charge on any atom is 0.271 e. The third-order valence-electron chi connectivity index (χ3n) is 3.88. The molecule has 0 radical (unpaired) electrons. The van der Waals surface area contributed by atoms with Crippen molar-refractivity contribution in [3.05, 3.63) is 28.7 Å². The average Bonchev–Trinajstić information content (AvgIpc) is 3.16. The van der Waals surface area contributed by atoms with Gasteiger partial charge in [-0.2, -0.15) is 5.10 Å². The molecule has 0 unspecified atom stereocenters. The third-order valence-corrected chi connectivity index (χ3v) is 4.06. The van der Waals surface area contributed by atoms with Crippen LogP contribution in [0.4, 0.5) is 0 Å². The number of fused-ring (bicyclic) bond motifs is 1. The molecular weight excluding hydrogens is 288 g/mol. The van der Waals surface area contributed by atoms with Gasteiger partial charge in [-0.3, -0.25) is 4.79 Å². The molecule has 0 atom stereocenters. The molecule has 3 rings (SSSR count). The quantitative estimate of drug-likeness (QED) is 0.835. The predicted molar refractivity (Wildman–Crippen MR) is 81.6 cm³/mol. The molecule has 0 aromatic carbocycles. The monoisotopic (exact) mass is 306 g/mol. The lowest BCUT2D eigenvalue weighted by Gasteiger charge is -2.05. The molecule has 0 spiro atoms. The number of aromatic nitrogens is 3. The summed E-state index contributed by atoms with van der Waals surface area (Å²) in [5, 5.41) is 7.44. The highest BCUT2D eigenvalue weighted by atomic mass is 35.5. The minimum Gasteiger partial charge on any atom is -0.351 e. The molecule has 1 fully saturated rings. The second-order valence-electron chi connectivity index (χ2n) is 5.72. The minimum atomic E-state index is -0.150. The van der Waals surface area contributed by atoms with Crippen molar-refractivity contribution in [3.63, 3.8) is 0 Å². The van der Waals surface area contributed by atoms with Gasteiger partial charge in [0.2, 0.25) is 0 Å². The molecule has 5 nitrogen and oxygen atoms in total. The van der Waals surface area contributed by atoms with Gasteiger partial charge in [0.15, 0.2) is 11.3 Å². The number of nitrogens with one attached hydrogen (secondary N) is 1. The Hall–Kier alpha value is -1.62. The van der Waals surface area contributed by atoms with Crippen LogP contribution in [0.3, 0.4) is 0 Å². The highest BCUT2D eigenvalue weighted by Gasteiger charge is 2.20. The van der Waals surface area contributed by atoms with Crippen LogP contribution in [0.25, 0.3) is 5.65 Å². The van der Waals surface area contributed by atoms with Gasteiger partial charge in [-0.05, 0) is 30.9 Å². The van der Waals surface area contributed by atoms with Gasteiger partial charge in [-0.15, -0.1) is 0 Å². The van der Waals surface area contributed by atoms with E-state index < -0.39 is 0 Å². The van der Waals surface area contributed by atoms with Crippen LogP contribution in [0.5, 0.6) is 0 Å². The lowest BCUT2D eigenvalue weighted by Crippen LogP contribution is -2.26. The van der Waals surface area contributed by atoms with E-state index in [9.17, 15) is 4.79 Å². The van der Waals surface area contributed by atoms with E-state index in [2.05, 4.69) is 15.4 Å². The zero-order chi connectivity index (χ0) is 14.8. The highest BCUT2D eigenvalue weighted by Crippen LogP contribution is 2.33. The zero-order valence-electron chi connectivity index (χ0n) is 12.1. The summed E-state index contributed by atoms with van der Waals surface area (Å²) >= 11 is 5.95. The van der Waals surface area contributed by atoms with Crippen molar-refractivity contribution in [1.29, 1.82) is 0 Å². The summed E-state index contributed by atoms with van der Waals surface area (Å²) in [4.78, 5) is 16.4. The molecule has 0 aliphatic heterocycles. The van der Waals surface area contributed by atoms with E-state index in [1.165, 1.54) is 30.2 Å². The van der Waals surface area contributed by atoms with Crippen LogP contribution in [0.15, 0.2) is 12.3 Å². The number of carbonyl (C=O) groups excluding carboxylic acids is 1. The standard InChI is InChI=1S/C15H19ClN4O/c1-10-8-13(16)19-20-12(9-18-14(10)20)15(21)17-7-3-2-4-11-5-6-11/h8-9,11H,2-7H2,1H3,(H,17,21). The number of rotatable bonds is 6. The first-order valence-corrected chi connectivity index (χ1v) is 7.82. The van der Waals surface area contributed by atoms with Crippen molar-refractivity contribution >= 4 is 23.2 Å². The molecule has 1 aliphatic carbocycles. The van der Waals surface area contributed by atoms with Gasteiger partial charge in [0.25, 0.3) is 5.91 Å². The molecule has 21 heavy (non-hydrogen) atoms. The molecule has 112 valence electrons. The van der Waals surface area contributed by atoms with Crippen LogP contribution in [-0.2, 0) is 0 Å². The number of hydrogen-bond acceptors (Lipinski definition) is 3. The molecule has 1 saturated carbocycles. The van der Waals surface area contributed by atoms with Crippen molar-refractivity contribution in [2.75, 3.05) is 6.54 Å². The van der Waals surface area contributed by atoms with Gasteiger partial charge in [0, 0.05) is 6.54 Å². The van der Waals surface area contributed by atoms with Crippen molar-refractivity contribution in [2.24, 2.45) is 5.92 Å². The highest BCUT2D eigenvalue weighted by molar-refractivity contribution is 6.29. The Morgan fingerprint density at radius 2 is 2.29 bits per heavy atom. The summed E-state index contributed by atoms with van der Waals surface area (Å²) in [6.07, 6.45) is 7.82. The summed E-state index contributed by atoms with van der Waals surface area (Å²) in [5.41, 5.74) is 1.99. The summed E-state index contributed by atoms with van der Waals surface area (Å²) in [6.45, 7) is 2.59. The second kappa shape index (κ2) is 6.02. The number of hydrogen-bond donors (Lipinski definition) is 1. The minimum absolute atomic E-state index is 0.150. The fraction of sp³-hybridized carbons (Fsp3) is 0.533. The van der Waals surface area contributed by atoms with Gasteiger partial charge in [-0.25, -0.2) is 9.50 Å². The van der Waals surface area contributed by atoms with E-state index >= 15 is 0 Å². The molecule has 1 aliphatic rings. The summed E-state index contributed by atoms with van der Waals surface area (Å²) < 4.78 is 1.51. The average molecular weight is 307 g/mol. The Bertz CT molecular complexity index is 663. The summed E-state index contributed by atoms with van der Waals surface area (Å²) in [7, 11) is 0. The molecule has 6 heteroatoms. The molecule has 2 aromatic heterocycles. The number of imidazole rings is 1. The van der Waals surface area contributed by atoms with Gasteiger partial charge in [0.1, 0.15) is 5.15 Å². The van der Waals surface area contributed by atoms with Crippen LogP contribution >= 0.6 is 11.6 Å². The number of aryl methyl sites for hydroxylation is 1. The Kier molecular flexibility index (Phi) is 4.10. The van der Waals surface area contributed by atoms with E-state index in [4.69, 9.17) is 11.6 Å². The first kappa shape index (κ1) is 14.3.